The second-order valence-corrected chi connectivity index (χ2v) is 6.70. The number of amides is 1. The SMILES string of the molecule is CC(C)NC(=O)CCN(CC1CC1)C1CCCCC1. The molecule has 0 aromatic heterocycles. The second-order valence-electron chi connectivity index (χ2n) is 6.70. The van der Waals surface area contributed by atoms with Gasteiger partial charge in [0.15, 0.2) is 0 Å². The quantitative estimate of drug-likeness (QED) is 0.768. The third-order valence-electron chi connectivity index (χ3n) is 4.36. The van der Waals surface area contributed by atoms with E-state index in [-0.39, 0.29) is 11.9 Å². The fraction of sp³-hybridized carbons (Fsp3) is 0.938. The number of rotatable bonds is 7. The fourth-order valence-corrected chi connectivity index (χ4v) is 3.14. The van der Waals surface area contributed by atoms with Crippen LogP contribution in [0.2, 0.25) is 0 Å². The van der Waals surface area contributed by atoms with Crippen molar-refractivity contribution in [2.45, 2.75) is 77.3 Å². The predicted molar refractivity (Wildman–Crippen MR) is 79.1 cm³/mol. The minimum Gasteiger partial charge on any atom is -0.354 e. The molecule has 0 atom stereocenters. The molecule has 2 saturated carbocycles. The summed E-state index contributed by atoms with van der Waals surface area (Å²) in [7, 11) is 0. The molecule has 0 unspecified atom stereocenters. The highest BCUT2D eigenvalue weighted by molar-refractivity contribution is 5.76. The summed E-state index contributed by atoms with van der Waals surface area (Å²) in [6.45, 7) is 6.25. The normalized spacial score (nSPS) is 21.1. The first kappa shape index (κ1) is 14.8. The van der Waals surface area contributed by atoms with Crippen molar-refractivity contribution in [2.24, 2.45) is 5.92 Å². The number of nitrogens with one attached hydrogen (secondary N) is 1. The first-order chi connectivity index (χ1) is 9.15. The predicted octanol–water partition coefficient (Wildman–Crippen LogP) is 2.95. The maximum Gasteiger partial charge on any atom is 0.221 e. The van der Waals surface area contributed by atoms with Crippen LogP contribution in [-0.2, 0) is 4.79 Å². The minimum atomic E-state index is 0.214. The molecule has 0 heterocycles. The van der Waals surface area contributed by atoms with Crippen molar-refractivity contribution in [1.82, 2.24) is 10.2 Å². The van der Waals surface area contributed by atoms with Crippen molar-refractivity contribution < 1.29 is 4.79 Å². The summed E-state index contributed by atoms with van der Waals surface area (Å²) >= 11 is 0. The van der Waals surface area contributed by atoms with Crippen molar-refractivity contribution in [3.63, 3.8) is 0 Å². The number of nitrogens with zero attached hydrogens (tertiary/aromatic N) is 1. The van der Waals surface area contributed by atoms with E-state index in [1.54, 1.807) is 0 Å². The van der Waals surface area contributed by atoms with Gasteiger partial charge in [0.2, 0.25) is 5.91 Å². The van der Waals surface area contributed by atoms with E-state index in [1.807, 2.05) is 13.8 Å². The Bertz CT molecular complexity index is 280. The molecule has 0 radical (unpaired) electrons. The zero-order valence-corrected chi connectivity index (χ0v) is 12.7. The second kappa shape index (κ2) is 7.28. The summed E-state index contributed by atoms with van der Waals surface area (Å²) in [5, 5.41) is 3.00. The molecule has 3 nitrogen and oxygen atoms in total. The van der Waals surface area contributed by atoms with E-state index < -0.39 is 0 Å². The van der Waals surface area contributed by atoms with E-state index in [2.05, 4.69) is 10.2 Å². The summed E-state index contributed by atoms with van der Waals surface area (Å²) in [6.07, 6.45) is 10.3. The Labute approximate surface area is 118 Å². The van der Waals surface area contributed by atoms with Gasteiger partial charge in [0.25, 0.3) is 0 Å². The molecule has 2 rings (SSSR count). The van der Waals surface area contributed by atoms with Gasteiger partial charge in [-0.2, -0.15) is 0 Å². The van der Waals surface area contributed by atoms with Gasteiger partial charge in [-0.15, -0.1) is 0 Å². The number of hydrogen-bond donors (Lipinski definition) is 1. The highest BCUT2D eigenvalue weighted by Crippen LogP contribution is 2.32. The molecule has 0 saturated heterocycles. The lowest BCUT2D eigenvalue weighted by molar-refractivity contribution is -0.122. The maximum atomic E-state index is 11.8. The van der Waals surface area contributed by atoms with Crippen LogP contribution < -0.4 is 5.32 Å². The molecular weight excluding hydrogens is 236 g/mol. The van der Waals surface area contributed by atoms with Crippen molar-refractivity contribution in [1.29, 1.82) is 0 Å². The summed E-state index contributed by atoms with van der Waals surface area (Å²) in [6, 6.07) is 1.01. The minimum absolute atomic E-state index is 0.214. The van der Waals surface area contributed by atoms with E-state index in [9.17, 15) is 4.79 Å². The fourth-order valence-electron chi connectivity index (χ4n) is 3.14. The van der Waals surface area contributed by atoms with Gasteiger partial charge in [0.1, 0.15) is 0 Å². The van der Waals surface area contributed by atoms with Crippen LogP contribution in [0.25, 0.3) is 0 Å². The molecule has 1 N–H and O–H groups in total. The van der Waals surface area contributed by atoms with E-state index in [0.29, 0.717) is 6.42 Å². The standard InChI is InChI=1S/C16H30N2O/c1-13(2)17-16(19)10-11-18(12-14-8-9-14)15-6-4-3-5-7-15/h13-15H,3-12H2,1-2H3,(H,17,19). The lowest BCUT2D eigenvalue weighted by atomic mass is 9.94. The largest absolute Gasteiger partial charge is 0.354 e. The van der Waals surface area contributed by atoms with Crippen LogP contribution in [0.15, 0.2) is 0 Å². The van der Waals surface area contributed by atoms with Gasteiger partial charge in [-0.25, -0.2) is 0 Å². The number of hydrogen-bond acceptors (Lipinski definition) is 2. The highest BCUT2D eigenvalue weighted by atomic mass is 16.1. The van der Waals surface area contributed by atoms with Crippen molar-refractivity contribution in [2.75, 3.05) is 13.1 Å². The van der Waals surface area contributed by atoms with E-state index in [0.717, 1.165) is 18.5 Å². The molecule has 19 heavy (non-hydrogen) atoms. The Morgan fingerprint density at radius 1 is 1.16 bits per heavy atom. The zero-order valence-electron chi connectivity index (χ0n) is 12.7. The Hall–Kier alpha value is -0.570. The molecule has 0 aromatic carbocycles. The zero-order chi connectivity index (χ0) is 13.7. The Morgan fingerprint density at radius 2 is 1.84 bits per heavy atom. The highest BCUT2D eigenvalue weighted by Gasteiger charge is 2.29. The Balaban J connectivity index is 1.77. The van der Waals surface area contributed by atoms with Gasteiger partial charge in [-0.05, 0) is 45.4 Å². The molecule has 1 amide bonds. The first-order valence-corrected chi connectivity index (χ1v) is 8.18. The van der Waals surface area contributed by atoms with Gasteiger partial charge < -0.3 is 5.32 Å². The molecule has 0 aliphatic heterocycles. The molecule has 0 bridgehead atoms. The van der Waals surface area contributed by atoms with Gasteiger partial charge in [-0.3, -0.25) is 9.69 Å². The summed E-state index contributed by atoms with van der Waals surface area (Å²) in [5.74, 6) is 1.14. The van der Waals surface area contributed by atoms with Crippen molar-refractivity contribution in [3.05, 3.63) is 0 Å². The molecular formula is C16H30N2O. The summed E-state index contributed by atoms with van der Waals surface area (Å²) in [4.78, 5) is 14.4. The van der Waals surface area contributed by atoms with Gasteiger partial charge in [0, 0.05) is 31.6 Å². The molecule has 2 aliphatic rings. The van der Waals surface area contributed by atoms with Crippen LogP contribution in [-0.4, -0.2) is 36.0 Å². The molecule has 110 valence electrons. The van der Waals surface area contributed by atoms with Crippen molar-refractivity contribution in [3.8, 4) is 0 Å². The van der Waals surface area contributed by atoms with E-state index in [4.69, 9.17) is 0 Å². The third kappa shape index (κ3) is 5.52. The average Bonchev–Trinajstić information content (AvgIpc) is 3.18. The van der Waals surface area contributed by atoms with Crippen LogP contribution in [0.4, 0.5) is 0 Å². The van der Waals surface area contributed by atoms with Gasteiger partial charge >= 0.3 is 0 Å². The summed E-state index contributed by atoms with van der Waals surface area (Å²) in [5.41, 5.74) is 0. The monoisotopic (exact) mass is 266 g/mol. The average molecular weight is 266 g/mol. The van der Waals surface area contributed by atoms with Crippen LogP contribution >= 0.6 is 0 Å². The molecule has 2 aliphatic carbocycles. The van der Waals surface area contributed by atoms with Crippen LogP contribution in [0.5, 0.6) is 0 Å². The molecule has 2 fully saturated rings. The lowest BCUT2D eigenvalue weighted by Gasteiger charge is -2.34. The summed E-state index contributed by atoms with van der Waals surface area (Å²) < 4.78 is 0. The van der Waals surface area contributed by atoms with Crippen LogP contribution in [0.3, 0.4) is 0 Å². The Morgan fingerprint density at radius 3 is 2.42 bits per heavy atom. The molecule has 0 aromatic rings. The topological polar surface area (TPSA) is 32.3 Å². The number of carbonyl (C=O) groups excluding carboxylic acids is 1. The van der Waals surface area contributed by atoms with Gasteiger partial charge in [-0.1, -0.05) is 19.3 Å². The van der Waals surface area contributed by atoms with Crippen LogP contribution in [0, 0.1) is 5.92 Å². The lowest BCUT2D eigenvalue weighted by Crippen LogP contribution is -2.41. The van der Waals surface area contributed by atoms with E-state index >= 15 is 0 Å². The molecule has 3 heteroatoms. The van der Waals surface area contributed by atoms with Gasteiger partial charge in [0.05, 0.1) is 0 Å². The number of carbonyl (C=O) groups is 1. The Kier molecular flexibility index (Phi) is 5.68. The molecule has 0 spiro atoms. The van der Waals surface area contributed by atoms with Crippen LogP contribution in [0.1, 0.15) is 65.2 Å². The third-order valence-corrected chi connectivity index (χ3v) is 4.36. The van der Waals surface area contributed by atoms with Crippen molar-refractivity contribution >= 4 is 5.91 Å². The first-order valence-electron chi connectivity index (χ1n) is 8.18. The maximum absolute atomic E-state index is 11.8. The smallest absolute Gasteiger partial charge is 0.221 e. The van der Waals surface area contributed by atoms with E-state index in [1.165, 1.54) is 51.5 Å².